The van der Waals surface area contributed by atoms with Crippen LogP contribution in [0.2, 0.25) is 0 Å². The summed E-state index contributed by atoms with van der Waals surface area (Å²) in [5.41, 5.74) is 4.24. The Bertz CT molecular complexity index is 1890. The molecule has 0 spiro atoms. The summed E-state index contributed by atoms with van der Waals surface area (Å²) in [5.74, 6) is 2.80. The molecule has 0 aromatic carbocycles. The van der Waals surface area contributed by atoms with Crippen LogP contribution in [0.1, 0.15) is 39.8 Å². The zero-order valence-electron chi connectivity index (χ0n) is 29.2. The number of ether oxygens (including phenoxy) is 1. The third kappa shape index (κ3) is 14.4. The molecule has 0 aliphatic carbocycles. The first-order chi connectivity index (χ1) is 25.6. The Kier molecular flexibility index (Phi) is 16.7. The maximum Gasteiger partial charge on any atom is 0.481 e. The highest BCUT2D eigenvalue weighted by molar-refractivity contribution is 7.95. The SMILES string of the molecule is CCC#CC(=O)OSCCNC(=O)CCNC(=O)[C@H](O)C(C)(C)COP(=O)(O)OP(=O)(O)OC[C@H]1O[C@@H](n2cnc3c(N)ncnc32)[C@H](O)[C@@H]1OP(=O)(O)O. The number of aromatic nitrogens is 4. The molecule has 3 rings (SSSR count). The molecule has 7 atom stereocenters. The first kappa shape index (κ1) is 46.3. The Morgan fingerprint density at radius 3 is 2.45 bits per heavy atom. The number of carbonyl (C=O) groups is 3. The Balaban J connectivity index is 1.49. The van der Waals surface area contributed by atoms with Crippen LogP contribution in [0.3, 0.4) is 0 Å². The number of rotatable bonds is 20. The molecule has 0 bridgehead atoms. The Labute approximate surface area is 316 Å². The fraction of sp³-hybridized carbons (Fsp3) is 0.615. The van der Waals surface area contributed by atoms with Crippen LogP contribution in [0.5, 0.6) is 0 Å². The summed E-state index contributed by atoms with van der Waals surface area (Å²) in [6.45, 7) is 2.12. The molecule has 2 amide bonds. The van der Waals surface area contributed by atoms with Gasteiger partial charge in [-0.2, -0.15) is 4.31 Å². The van der Waals surface area contributed by atoms with Gasteiger partial charge in [-0.3, -0.25) is 27.7 Å². The number of anilines is 1. The maximum absolute atomic E-state index is 12.7. The smallest absolute Gasteiger partial charge is 0.386 e. The number of hydrogen-bond acceptors (Lipinski definition) is 19. The number of phosphoric acid groups is 3. The first-order valence-corrected chi connectivity index (χ1v) is 21.2. The van der Waals surface area contributed by atoms with Gasteiger partial charge < -0.3 is 55.1 Å². The van der Waals surface area contributed by atoms with E-state index in [2.05, 4.69) is 46.3 Å². The normalized spacial score (nSPS) is 21.5. The van der Waals surface area contributed by atoms with E-state index in [1.54, 1.807) is 6.92 Å². The average molecular weight is 864 g/mol. The lowest BCUT2D eigenvalue weighted by molar-refractivity contribution is -0.137. The largest absolute Gasteiger partial charge is 0.481 e. The van der Waals surface area contributed by atoms with Crippen molar-refractivity contribution < 1.29 is 84.7 Å². The molecule has 3 heterocycles. The van der Waals surface area contributed by atoms with Gasteiger partial charge >= 0.3 is 29.4 Å². The molecule has 2 unspecified atom stereocenters. The highest BCUT2D eigenvalue weighted by Crippen LogP contribution is 2.61. The average Bonchev–Trinajstić information content (AvgIpc) is 3.65. The highest BCUT2D eigenvalue weighted by Gasteiger charge is 2.50. The molecule has 0 radical (unpaired) electrons. The van der Waals surface area contributed by atoms with Gasteiger partial charge in [-0.25, -0.2) is 33.4 Å². The second kappa shape index (κ2) is 19.9. The summed E-state index contributed by atoms with van der Waals surface area (Å²) in [6.07, 6.45) is -6.49. The van der Waals surface area contributed by atoms with Gasteiger partial charge in [0.25, 0.3) is 0 Å². The van der Waals surface area contributed by atoms with E-state index >= 15 is 0 Å². The molecule has 308 valence electrons. The molecule has 2 aromatic rings. The monoisotopic (exact) mass is 863 g/mol. The van der Waals surface area contributed by atoms with Gasteiger partial charge in [-0.15, -0.1) is 0 Å². The quantitative estimate of drug-likeness (QED) is 0.0334. The van der Waals surface area contributed by atoms with Crippen LogP contribution < -0.4 is 16.4 Å². The maximum atomic E-state index is 12.7. The van der Waals surface area contributed by atoms with Crippen LogP contribution in [0.25, 0.3) is 11.2 Å². The standard InChI is InChI=1S/C26H40N7O18P3S/c1-4-5-6-17(35)50-55-10-9-28-16(34)7-8-29-24(38)21(37)26(2,3)12-47-54(44,45)51-53(42,43)46-11-15-20(49-52(39,40)41)19(36)25(48-15)33-14-32-18-22(27)30-13-31-23(18)33/h13-15,19-21,25,36-37H,4,7-12H2,1-3H3,(H,28,34)(H,29,38)(H,42,43)(H,44,45)(H2,27,30,31)(H2,39,40,41)/t15-,19-,20-,21+,25-/m1/s1. The second-order valence-corrected chi connectivity index (χ2v) is 17.0. The molecular weight excluding hydrogens is 823 g/mol. The number of fused-ring (bicyclic) bond motifs is 1. The molecule has 1 saturated heterocycles. The van der Waals surface area contributed by atoms with Crippen LogP contribution >= 0.6 is 35.5 Å². The molecule has 1 aliphatic rings. The third-order valence-corrected chi connectivity index (χ3v) is 10.8. The lowest BCUT2D eigenvalue weighted by atomic mass is 9.87. The van der Waals surface area contributed by atoms with Gasteiger partial charge in [0.15, 0.2) is 17.7 Å². The first-order valence-electron chi connectivity index (χ1n) is 15.8. The van der Waals surface area contributed by atoms with Crippen LogP contribution in [-0.4, -0.2) is 124 Å². The van der Waals surface area contributed by atoms with Crippen molar-refractivity contribution in [1.82, 2.24) is 30.2 Å². The van der Waals surface area contributed by atoms with E-state index in [4.69, 9.17) is 23.7 Å². The number of aliphatic hydroxyl groups is 2. The molecule has 2 aromatic heterocycles. The minimum Gasteiger partial charge on any atom is -0.386 e. The minimum absolute atomic E-state index is 0.0264. The predicted octanol–water partition coefficient (Wildman–Crippen LogP) is -0.990. The van der Waals surface area contributed by atoms with Crippen molar-refractivity contribution in [2.75, 3.05) is 37.8 Å². The van der Waals surface area contributed by atoms with Crippen molar-refractivity contribution >= 4 is 70.3 Å². The predicted molar refractivity (Wildman–Crippen MR) is 186 cm³/mol. The van der Waals surface area contributed by atoms with E-state index in [-0.39, 0.29) is 42.2 Å². The number of nitrogens with two attached hydrogens (primary N) is 1. The van der Waals surface area contributed by atoms with Gasteiger partial charge in [0, 0.05) is 43.0 Å². The molecule has 0 saturated carbocycles. The number of hydrogen-bond donors (Lipinski definition) is 9. The van der Waals surface area contributed by atoms with Gasteiger partial charge in [0.2, 0.25) is 11.8 Å². The molecule has 25 nitrogen and oxygen atoms in total. The number of amides is 2. The van der Waals surface area contributed by atoms with Gasteiger partial charge in [0.05, 0.1) is 31.6 Å². The highest BCUT2D eigenvalue weighted by atomic mass is 32.2. The zero-order valence-corrected chi connectivity index (χ0v) is 32.7. The van der Waals surface area contributed by atoms with Crippen LogP contribution in [0.4, 0.5) is 5.82 Å². The summed E-state index contributed by atoms with van der Waals surface area (Å²) in [4.78, 5) is 86.6. The van der Waals surface area contributed by atoms with Gasteiger partial charge in [-0.1, -0.05) is 26.7 Å². The van der Waals surface area contributed by atoms with E-state index in [1.807, 2.05) is 0 Å². The van der Waals surface area contributed by atoms with Crippen LogP contribution in [0, 0.1) is 17.3 Å². The summed E-state index contributed by atoms with van der Waals surface area (Å²) < 4.78 is 66.7. The molecular formula is C26H40N7O18P3S. The fourth-order valence-corrected chi connectivity index (χ4v) is 7.69. The van der Waals surface area contributed by atoms with Crippen LogP contribution in [0.15, 0.2) is 12.7 Å². The zero-order chi connectivity index (χ0) is 41.2. The third-order valence-electron chi connectivity index (χ3n) is 7.09. The summed E-state index contributed by atoms with van der Waals surface area (Å²) in [5, 5.41) is 26.2. The van der Waals surface area contributed by atoms with E-state index in [0.29, 0.717) is 6.42 Å². The minimum atomic E-state index is -5.57. The van der Waals surface area contributed by atoms with E-state index < -0.39 is 90.5 Å². The summed E-state index contributed by atoms with van der Waals surface area (Å²) in [7, 11) is -16.4. The second-order valence-electron chi connectivity index (χ2n) is 11.9. The number of nitrogens with zero attached hydrogens (tertiary/aromatic N) is 4. The van der Waals surface area contributed by atoms with Crippen molar-refractivity contribution in [1.29, 1.82) is 0 Å². The number of imidazole rings is 1. The Morgan fingerprint density at radius 1 is 1.09 bits per heavy atom. The number of nitrogens with one attached hydrogen (secondary N) is 2. The Hall–Kier alpha value is -3.08. The molecule has 1 aliphatic heterocycles. The number of aliphatic hydroxyl groups excluding tert-OH is 2. The van der Waals surface area contributed by atoms with Crippen molar-refractivity contribution in [2.24, 2.45) is 5.41 Å². The lowest BCUT2D eigenvalue weighted by Crippen LogP contribution is -2.46. The molecule has 10 N–H and O–H groups in total. The Morgan fingerprint density at radius 2 is 1.78 bits per heavy atom. The topological polar surface area (TPSA) is 373 Å². The van der Waals surface area contributed by atoms with Crippen LogP contribution in [-0.2, 0) is 54.9 Å². The lowest BCUT2D eigenvalue weighted by Gasteiger charge is -2.30. The van der Waals surface area contributed by atoms with Crippen molar-refractivity contribution in [3.05, 3.63) is 12.7 Å². The fourth-order valence-electron chi connectivity index (χ4n) is 4.45. The summed E-state index contributed by atoms with van der Waals surface area (Å²) >= 11 is 0.792. The molecule has 1 fully saturated rings. The van der Waals surface area contributed by atoms with Gasteiger partial charge in [0.1, 0.15) is 36.3 Å². The van der Waals surface area contributed by atoms with E-state index in [0.717, 1.165) is 29.3 Å². The van der Waals surface area contributed by atoms with E-state index in [9.17, 15) is 57.9 Å². The van der Waals surface area contributed by atoms with Crippen molar-refractivity contribution in [3.63, 3.8) is 0 Å². The van der Waals surface area contributed by atoms with Crippen molar-refractivity contribution in [2.45, 2.75) is 64.3 Å². The molecule has 55 heavy (non-hydrogen) atoms. The summed E-state index contributed by atoms with van der Waals surface area (Å²) in [6, 6.07) is 0. The number of carbonyl (C=O) groups excluding carboxylic acids is 3. The number of phosphoric ester groups is 3. The molecule has 29 heteroatoms. The van der Waals surface area contributed by atoms with Gasteiger partial charge in [-0.05, 0) is 0 Å². The van der Waals surface area contributed by atoms with E-state index in [1.165, 1.54) is 13.8 Å². The van der Waals surface area contributed by atoms with Crippen molar-refractivity contribution in [3.8, 4) is 11.8 Å². The number of nitrogen functional groups attached to an aromatic ring is 1.